The first-order valence-corrected chi connectivity index (χ1v) is 12.7. The smallest absolute Gasteiger partial charge is 0.243 e. The number of benzene rings is 2. The molecule has 33 heavy (non-hydrogen) atoms. The lowest BCUT2D eigenvalue weighted by Crippen LogP contribution is -2.50. The van der Waals surface area contributed by atoms with Gasteiger partial charge in [-0.15, -0.1) is 10.2 Å². The number of amides is 1. The Hall–Kier alpha value is -2.86. The maximum Gasteiger partial charge on any atom is 0.243 e. The van der Waals surface area contributed by atoms with Gasteiger partial charge in [-0.3, -0.25) is 15.0 Å². The van der Waals surface area contributed by atoms with Gasteiger partial charge < -0.3 is 4.74 Å². The molecule has 0 atom stereocenters. The van der Waals surface area contributed by atoms with Crippen LogP contribution in [-0.2, 0) is 14.8 Å². The summed E-state index contributed by atoms with van der Waals surface area (Å²) in [7, 11) is -2.05. The van der Waals surface area contributed by atoms with E-state index in [1.54, 1.807) is 24.3 Å². The minimum atomic E-state index is -3.58. The van der Waals surface area contributed by atoms with Crippen LogP contribution in [0.4, 0.5) is 5.13 Å². The van der Waals surface area contributed by atoms with E-state index < -0.39 is 10.0 Å². The summed E-state index contributed by atoms with van der Waals surface area (Å²) in [4.78, 5) is 14.6. The highest BCUT2D eigenvalue weighted by atomic mass is 32.2. The largest absolute Gasteiger partial charge is 0.497 e. The van der Waals surface area contributed by atoms with E-state index in [1.165, 1.54) is 22.8 Å². The van der Waals surface area contributed by atoms with Gasteiger partial charge in [-0.05, 0) is 37.3 Å². The first kappa shape index (κ1) is 23.3. The van der Waals surface area contributed by atoms with Crippen LogP contribution in [0.25, 0.3) is 10.6 Å². The molecule has 3 aromatic rings. The molecule has 1 aliphatic heterocycles. The zero-order valence-corrected chi connectivity index (χ0v) is 20.0. The molecule has 0 saturated carbocycles. The molecule has 11 heteroatoms. The molecule has 174 valence electrons. The molecule has 0 radical (unpaired) electrons. The predicted octanol–water partition coefficient (Wildman–Crippen LogP) is 2.47. The highest BCUT2D eigenvalue weighted by Crippen LogP contribution is 2.27. The van der Waals surface area contributed by atoms with Crippen LogP contribution >= 0.6 is 11.3 Å². The second-order valence-corrected chi connectivity index (χ2v) is 10.6. The van der Waals surface area contributed by atoms with Crippen molar-refractivity contribution >= 4 is 32.4 Å². The highest BCUT2D eigenvalue weighted by Gasteiger charge is 2.29. The third-order valence-corrected chi connectivity index (χ3v) is 8.13. The van der Waals surface area contributed by atoms with E-state index in [2.05, 4.69) is 15.5 Å². The summed E-state index contributed by atoms with van der Waals surface area (Å²) in [6, 6.07) is 14.3. The number of hydrogen-bond donors (Lipinski definition) is 1. The molecule has 1 saturated heterocycles. The number of rotatable bonds is 7. The van der Waals surface area contributed by atoms with Crippen LogP contribution in [0.3, 0.4) is 0 Å². The number of sulfonamides is 1. The van der Waals surface area contributed by atoms with Crippen LogP contribution in [0.2, 0.25) is 0 Å². The maximum absolute atomic E-state index is 12.9. The van der Waals surface area contributed by atoms with Gasteiger partial charge >= 0.3 is 0 Å². The Morgan fingerprint density at radius 2 is 1.82 bits per heavy atom. The summed E-state index contributed by atoms with van der Waals surface area (Å²) >= 11 is 1.32. The van der Waals surface area contributed by atoms with Crippen molar-refractivity contribution in [1.29, 1.82) is 0 Å². The second-order valence-electron chi connectivity index (χ2n) is 7.69. The van der Waals surface area contributed by atoms with Crippen LogP contribution in [0.5, 0.6) is 5.75 Å². The van der Waals surface area contributed by atoms with E-state index in [0.29, 0.717) is 37.1 Å². The second kappa shape index (κ2) is 9.96. The summed E-state index contributed by atoms with van der Waals surface area (Å²) in [6.45, 7) is 3.74. The van der Waals surface area contributed by atoms with Crippen molar-refractivity contribution in [2.45, 2.75) is 11.8 Å². The first-order chi connectivity index (χ1) is 15.8. The average Bonchev–Trinajstić information content (AvgIpc) is 3.28. The van der Waals surface area contributed by atoms with E-state index in [4.69, 9.17) is 4.74 Å². The summed E-state index contributed by atoms with van der Waals surface area (Å²) in [5.41, 5.74) is 2.09. The molecule has 2 aromatic carbocycles. The van der Waals surface area contributed by atoms with Gasteiger partial charge in [-0.25, -0.2) is 8.42 Å². The van der Waals surface area contributed by atoms with Crippen molar-refractivity contribution in [2.24, 2.45) is 0 Å². The summed E-state index contributed by atoms with van der Waals surface area (Å²) in [5, 5.41) is 12.2. The fourth-order valence-corrected chi connectivity index (χ4v) is 5.73. The van der Waals surface area contributed by atoms with Crippen LogP contribution in [0.15, 0.2) is 53.4 Å². The van der Waals surface area contributed by atoms with E-state index in [9.17, 15) is 13.2 Å². The maximum atomic E-state index is 12.9. The Labute approximate surface area is 197 Å². The number of piperazine rings is 1. The molecule has 0 bridgehead atoms. The fraction of sp³-hybridized carbons (Fsp3) is 0.318. The van der Waals surface area contributed by atoms with Gasteiger partial charge in [0, 0.05) is 31.7 Å². The minimum Gasteiger partial charge on any atom is -0.497 e. The van der Waals surface area contributed by atoms with Crippen molar-refractivity contribution in [1.82, 2.24) is 19.4 Å². The molecular formula is C22H25N5O4S2. The Kier molecular flexibility index (Phi) is 7.03. The van der Waals surface area contributed by atoms with Crippen LogP contribution in [-0.4, -0.2) is 73.6 Å². The molecule has 1 amide bonds. The number of anilines is 1. The summed E-state index contributed by atoms with van der Waals surface area (Å²) in [6.07, 6.45) is 0. The molecule has 2 heterocycles. The number of carbonyl (C=O) groups is 1. The summed E-state index contributed by atoms with van der Waals surface area (Å²) in [5.74, 6) is 0.402. The van der Waals surface area contributed by atoms with Crippen LogP contribution in [0, 0.1) is 6.92 Å². The number of aryl methyl sites for hydroxylation is 1. The zero-order chi connectivity index (χ0) is 23.4. The van der Waals surface area contributed by atoms with Gasteiger partial charge in [0.1, 0.15) is 10.8 Å². The molecule has 1 fully saturated rings. The number of nitrogens with one attached hydrogen (secondary N) is 1. The Bertz CT molecular complexity index is 1220. The van der Waals surface area contributed by atoms with Crippen LogP contribution in [0.1, 0.15) is 5.56 Å². The molecule has 9 nitrogen and oxygen atoms in total. The lowest BCUT2D eigenvalue weighted by atomic mass is 10.1. The van der Waals surface area contributed by atoms with Crippen molar-refractivity contribution < 1.29 is 17.9 Å². The number of methoxy groups -OCH3 is 1. The number of aromatic nitrogens is 2. The fourth-order valence-electron chi connectivity index (χ4n) is 3.56. The van der Waals surface area contributed by atoms with E-state index >= 15 is 0 Å². The van der Waals surface area contributed by atoms with Gasteiger partial charge in [0.2, 0.25) is 21.1 Å². The van der Waals surface area contributed by atoms with E-state index in [-0.39, 0.29) is 17.3 Å². The average molecular weight is 488 g/mol. The third-order valence-electron chi connectivity index (χ3n) is 5.33. The molecular weight excluding hydrogens is 462 g/mol. The summed E-state index contributed by atoms with van der Waals surface area (Å²) < 4.78 is 32.3. The standard InChI is InChI=1S/C22H25N5O4S2/c1-16-4-3-5-17(14-16)21-24-25-22(32-21)23-20(28)15-26-10-12-27(13-11-26)33(29,30)19-8-6-18(31-2)7-9-19/h3-9,14H,10-13,15H2,1-2H3,(H,23,25,28). The normalized spacial score (nSPS) is 15.3. The van der Waals surface area contributed by atoms with E-state index in [0.717, 1.165) is 16.1 Å². The molecule has 1 aliphatic rings. The zero-order valence-electron chi connectivity index (χ0n) is 18.4. The van der Waals surface area contributed by atoms with Crippen LogP contribution < -0.4 is 10.1 Å². The lowest BCUT2D eigenvalue weighted by Gasteiger charge is -2.33. The van der Waals surface area contributed by atoms with Crippen molar-refractivity contribution in [3.8, 4) is 16.3 Å². The van der Waals surface area contributed by atoms with Crippen molar-refractivity contribution in [3.63, 3.8) is 0 Å². The molecule has 0 spiro atoms. The predicted molar refractivity (Wildman–Crippen MR) is 127 cm³/mol. The number of hydrogen-bond acceptors (Lipinski definition) is 8. The SMILES string of the molecule is COc1ccc(S(=O)(=O)N2CCN(CC(=O)Nc3nnc(-c4cccc(C)c4)s3)CC2)cc1. The van der Waals surface area contributed by atoms with Gasteiger partial charge in [0.15, 0.2) is 0 Å². The van der Waals surface area contributed by atoms with Gasteiger partial charge in [-0.1, -0.05) is 35.1 Å². The molecule has 1 aromatic heterocycles. The Balaban J connectivity index is 1.29. The third kappa shape index (κ3) is 5.56. The number of nitrogens with zero attached hydrogens (tertiary/aromatic N) is 4. The van der Waals surface area contributed by atoms with Gasteiger partial charge in [0.25, 0.3) is 0 Å². The molecule has 4 rings (SSSR count). The highest BCUT2D eigenvalue weighted by molar-refractivity contribution is 7.89. The topological polar surface area (TPSA) is 105 Å². The van der Waals surface area contributed by atoms with Crippen molar-refractivity contribution in [3.05, 3.63) is 54.1 Å². The quantitative estimate of drug-likeness (QED) is 0.546. The van der Waals surface area contributed by atoms with Gasteiger partial charge in [-0.2, -0.15) is 4.31 Å². The molecule has 0 unspecified atom stereocenters. The molecule has 1 N–H and O–H groups in total. The van der Waals surface area contributed by atoms with Crippen molar-refractivity contribution in [2.75, 3.05) is 45.2 Å². The molecule has 0 aliphatic carbocycles. The minimum absolute atomic E-state index is 0.162. The number of carbonyl (C=O) groups excluding carboxylic acids is 1. The Morgan fingerprint density at radius 3 is 2.48 bits per heavy atom. The Morgan fingerprint density at radius 1 is 1.09 bits per heavy atom. The van der Waals surface area contributed by atoms with Gasteiger partial charge in [0.05, 0.1) is 18.6 Å². The first-order valence-electron chi connectivity index (χ1n) is 10.4. The monoisotopic (exact) mass is 487 g/mol. The van der Waals surface area contributed by atoms with E-state index in [1.807, 2.05) is 36.1 Å². The lowest BCUT2D eigenvalue weighted by molar-refractivity contribution is -0.117. The number of ether oxygens (including phenoxy) is 1.